The van der Waals surface area contributed by atoms with E-state index in [2.05, 4.69) is 20.1 Å². The van der Waals surface area contributed by atoms with Crippen LogP contribution in [-0.4, -0.2) is 31.6 Å². The smallest absolute Gasteiger partial charge is 0.302 e. The molecule has 0 amide bonds. The summed E-state index contributed by atoms with van der Waals surface area (Å²) in [5.41, 5.74) is 1.58. The first-order chi connectivity index (χ1) is 10.3. The quantitative estimate of drug-likeness (QED) is 0.457. The van der Waals surface area contributed by atoms with Gasteiger partial charge >= 0.3 is 5.97 Å². The van der Waals surface area contributed by atoms with E-state index in [1.165, 1.54) is 12.5 Å². The molecule has 4 atom stereocenters. The highest BCUT2D eigenvalue weighted by Crippen LogP contribution is 2.56. The maximum absolute atomic E-state index is 12.5. The van der Waals surface area contributed by atoms with Crippen LogP contribution in [0.2, 0.25) is 0 Å². The molecule has 0 spiro atoms. The molecule has 0 bridgehead atoms. The molecular formula is C18H26O4. The van der Waals surface area contributed by atoms with Crippen molar-refractivity contribution >= 4 is 11.8 Å². The fourth-order valence-corrected chi connectivity index (χ4v) is 3.82. The minimum Gasteiger partial charge on any atom is -0.465 e. The number of ether oxygens (including phenoxy) is 2. The van der Waals surface area contributed by atoms with Crippen LogP contribution in [0.25, 0.3) is 0 Å². The molecule has 0 aliphatic heterocycles. The summed E-state index contributed by atoms with van der Waals surface area (Å²) in [7, 11) is 1.61. The van der Waals surface area contributed by atoms with Crippen molar-refractivity contribution in [3.05, 3.63) is 24.3 Å². The van der Waals surface area contributed by atoms with Crippen molar-refractivity contribution < 1.29 is 19.1 Å². The van der Waals surface area contributed by atoms with E-state index in [4.69, 9.17) is 9.47 Å². The number of carbonyl (C=O) groups is 2. The van der Waals surface area contributed by atoms with Crippen LogP contribution in [0.5, 0.6) is 0 Å². The number of fused-ring (bicyclic) bond motifs is 1. The first kappa shape index (κ1) is 16.9. The van der Waals surface area contributed by atoms with Gasteiger partial charge in [-0.1, -0.05) is 25.7 Å². The SMILES string of the molecule is C=C1CC[C@@H](OC)C(=C)C(=O)CC2[C@@H]1C[C@]2(C)COC(C)=O. The Morgan fingerprint density at radius 2 is 2.09 bits per heavy atom. The lowest BCUT2D eigenvalue weighted by Crippen LogP contribution is -2.50. The molecule has 2 aliphatic carbocycles. The topological polar surface area (TPSA) is 52.6 Å². The normalized spacial score (nSPS) is 35.8. The molecule has 2 saturated carbocycles. The van der Waals surface area contributed by atoms with E-state index in [1.807, 2.05) is 0 Å². The zero-order valence-corrected chi connectivity index (χ0v) is 13.8. The average molecular weight is 306 g/mol. The number of allylic oxidation sites excluding steroid dienone is 1. The summed E-state index contributed by atoms with van der Waals surface area (Å²) in [5.74, 6) is 0.277. The standard InChI is InChI=1S/C18H26O4/c1-11-6-7-17(21-5)12(2)16(20)8-15-14(11)9-18(15,4)10-22-13(3)19/h14-15,17H,1-2,6-10H2,3-5H3/t14-,15?,17-,18-/m1/s1. The third kappa shape index (κ3) is 3.17. The highest BCUT2D eigenvalue weighted by Gasteiger charge is 2.53. The van der Waals surface area contributed by atoms with Gasteiger partial charge in [0.15, 0.2) is 5.78 Å². The first-order valence-corrected chi connectivity index (χ1v) is 7.84. The third-order valence-corrected chi connectivity index (χ3v) is 5.36. The molecule has 0 heterocycles. The lowest BCUT2D eigenvalue weighted by molar-refractivity contribution is -0.153. The van der Waals surface area contributed by atoms with E-state index in [0.29, 0.717) is 24.5 Å². The summed E-state index contributed by atoms with van der Waals surface area (Å²) in [6.07, 6.45) is 2.72. The molecule has 0 saturated heterocycles. The molecule has 0 N–H and O–H groups in total. The monoisotopic (exact) mass is 306 g/mol. The lowest BCUT2D eigenvalue weighted by Gasteiger charge is -2.53. The average Bonchev–Trinajstić information content (AvgIpc) is 2.50. The number of rotatable bonds is 3. The Labute approximate surface area is 132 Å². The summed E-state index contributed by atoms with van der Waals surface area (Å²) in [6.45, 7) is 12.0. The second-order valence-electron chi connectivity index (χ2n) is 6.93. The third-order valence-electron chi connectivity index (χ3n) is 5.36. The zero-order valence-electron chi connectivity index (χ0n) is 13.8. The van der Waals surface area contributed by atoms with Gasteiger partial charge in [0.1, 0.15) is 0 Å². The fourth-order valence-electron chi connectivity index (χ4n) is 3.82. The molecule has 0 aromatic rings. The maximum Gasteiger partial charge on any atom is 0.302 e. The predicted molar refractivity (Wildman–Crippen MR) is 84.3 cm³/mol. The molecule has 0 aromatic heterocycles. The maximum atomic E-state index is 12.5. The number of Topliss-reactive ketones (excluding diaryl/α,β-unsaturated/α-hetero) is 1. The van der Waals surface area contributed by atoms with Gasteiger partial charge in [0.05, 0.1) is 12.7 Å². The van der Waals surface area contributed by atoms with Gasteiger partial charge < -0.3 is 9.47 Å². The molecule has 4 nitrogen and oxygen atoms in total. The molecular weight excluding hydrogens is 280 g/mol. The molecule has 2 rings (SSSR count). The van der Waals surface area contributed by atoms with Crippen LogP contribution in [0.3, 0.4) is 0 Å². The molecule has 2 aliphatic rings. The highest BCUT2D eigenvalue weighted by atomic mass is 16.5. The van der Waals surface area contributed by atoms with Crippen molar-refractivity contribution in [3.8, 4) is 0 Å². The highest BCUT2D eigenvalue weighted by molar-refractivity contribution is 5.96. The van der Waals surface area contributed by atoms with Crippen LogP contribution in [0.15, 0.2) is 24.3 Å². The number of hydrogen-bond donors (Lipinski definition) is 0. The summed E-state index contributed by atoms with van der Waals surface area (Å²) in [6, 6.07) is 0. The summed E-state index contributed by atoms with van der Waals surface area (Å²) < 4.78 is 10.6. The van der Waals surface area contributed by atoms with E-state index >= 15 is 0 Å². The van der Waals surface area contributed by atoms with Gasteiger partial charge in [-0.2, -0.15) is 0 Å². The summed E-state index contributed by atoms with van der Waals surface area (Å²) in [4.78, 5) is 23.6. The summed E-state index contributed by atoms with van der Waals surface area (Å²) >= 11 is 0. The van der Waals surface area contributed by atoms with Crippen molar-refractivity contribution in [2.75, 3.05) is 13.7 Å². The Morgan fingerprint density at radius 1 is 1.41 bits per heavy atom. The van der Waals surface area contributed by atoms with E-state index in [9.17, 15) is 9.59 Å². The molecule has 0 aromatic carbocycles. The van der Waals surface area contributed by atoms with Gasteiger partial charge in [-0.25, -0.2) is 0 Å². The second-order valence-corrected chi connectivity index (χ2v) is 6.93. The summed E-state index contributed by atoms with van der Waals surface area (Å²) in [5, 5.41) is 0. The Hall–Kier alpha value is -1.42. The lowest BCUT2D eigenvalue weighted by atomic mass is 9.51. The van der Waals surface area contributed by atoms with Crippen molar-refractivity contribution in [2.24, 2.45) is 17.3 Å². The van der Waals surface area contributed by atoms with Crippen molar-refractivity contribution in [2.45, 2.75) is 45.6 Å². The van der Waals surface area contributed by atoms with Gasteiger partial charge in [0.25, 0.3) is 0 Å². The fraction of sp³-hybridized carbons (Fsp3) is 0.667. The molecule has 0 radical (unpaired) electrons. The van der Waals surface area contributed by atoms with E-state index < -0.39 is 0 Å². The van der Waals surface area contributed by atoms with Gasteiger partial charge in [-0.3, -0.25) is 9.59 Å². The van der Waals surface area contributed by atoms with Crippen LogP contribution in [0.1, 0.15) is 39.5 Å². The first-order valence-electron chi connectivity index (χ1n) is 7.84. The van der Waals surface area contributed by atoms with Crippen LogP contribution in [0, 0.1) is 17.3 Å². The van der Waals surface area contributed by atoms with Gasteiger partial charge in [0.2, 0.25) is 0 Å². The minimum absolute atomic E-state index is 0.0605. The van der Waals surface area contributed by atoms with Gasteiger partial charge in [0, 0.05) is 31.4 Å². The molecule has 1 unspecified atom stereocenters. The Balaban J connectivity index is 2.17. The minimum atomic E-state index is -0.276. The van der Waals surface area contributed by atoms with Crippen LogP contribution in [0.4, 0.5) is 0 Å². The number of ketones is 1. The van der Waals surface area contributed by atoms with E-state index in [-0.39, 0.29) is 29.2 Å². The Morgan fingerprint density at radius 3 is 2.68 bits per heavy atom. The van der Waals surface area contributed by atoms with Crippen LogP contribution < -0.4 is 0 Å². The number of carbonyl (C=O) groups excluding carboxylic acids is 2. The zero-order chi connectivity index (χ0) is 16.5. The largest absolute Gasteiger partial charge is 0.465 e. The van der Waals surface area contributed by atoms with E-state index in [1.54, 1.807) is 7.11 Å². The van der Waals surface area contributed by atoms with E-state index in [0.717, 1.165) is 19.3 Å². The molecule has 4 heteroatoms. The van der Waals surface area contributed by atoms with Crippen LogP contribution >= 0.6 is 0 Å². The molecule has 2 fully saturated rings. The van der Waals surface area contributed by atoms with Crippen molar-refractivity contribution in [1.29, 1.82) is 0 Å². The number of esters is 1. The molecule has 122 valence electrons. The Bertz CT molecular complexity index is 507. The van der Waals surface area contributed by atoms with Crippen molar-refractivity contribution in [1.82, 2.24) is 0 Å². The Kier molecular flexibility index (Phi) is 4.90. The van der Waals surface area contributed by atoms with Crippen molar-refractivity contribution in [3.63, 3.8) is 0 Å². The number of methoxy groups -OCH3 is 1. The predicted octanol–water partition coefficient (Wildman–Crippen LogP) is 3.07. The number of hydrogen-bond acceptors (Lipinski definition) is 4. The second kappa shape index (κ2) is 6.37. The van der Waals surface area contributed by atoms with Gasteiger partial charge in [-0.15, -0.1) is 0 Å². The molecule has 22 heavy (non-hydrogen) atoms. The van der Waals surface area contributed by atoms with Gasteiger partial charge in [-0.05, 0) is 31.1 Å². The van der Waals surface area contributed by atoms with Crippen LogP contribution in [-0.2, 0) is 19.1 Å².